The number of hydrogen-bond donors (Lipinski definition) is 1. The number of nitrogens with one attached hydrogen (secondary N) is 1. The molecule has 1 aliphatic heterocycles. The van der Waals surface area contributed by atoms with Gasteiger partial charge in [-0.15, -0.1) is 0 Å². The summed E-state index contributed by atoms with van der Waals surface area (Å²) in [6, 6.07) is 7.57. The van der Waals surface area contributed by atoms with Crippen molar-refractivity contribution in [2.75, 3.05) is 18.9 Å². The van der Waals surface area contributed by atoms with Crippen molar-refractivity contribution in [2.24, 2.45) is 0 Å². The third kappa shape index (κ3) is 2.81. The molecule has 1 aliphatic rings. The van der Waals surface area contributed by atoms with Crippen LogP contribution in [0.4, 0.5) is 5.69 Å². The number of benzene rings is 1. The molecule has 0 spiro atoms. The average molecular weight is 232 g/mol. The third-order valence-electron chi connectivity index (χ3n) is 3.88. The molecule has 0 amide bonds. The van der Waals surface area contributed by atoms with Crippen LogP contribution in [0.3, 0.4) is 0 Å². The Kier molecular flexibility index (Phi) is 4.06. The van der Waals surface area contributed by atoms with E-state index < -0.39 is 0 Å². The van der Waals surface area contributed by atoms with E-state index in [2.05, 4.69) is 49.3 Å². The molecule has 1 aromatic carbocycles. The van der Waals surface area contributed by atoms with Gasteiger partial charge in [-0.3, -0.25) is 4.90 Å². The molecule has 0 aliphatic carbocycles. The summed E-state index contributed by atoms with van der Waals surface area (Å²) in [5, 5.41) is 3.41. The van der Waals surface area contributed by atoms with Crippen molar-refractivity contribution >= 4 is 5.69 Å². The van der Waals surface area contributed by atoms with Gasteiger partial charge < -0.3 is 5.32 Å². The van der Waals surface area contributed by atoms with E-state index in [9.17, 15) is 0 Å². The minimum absolute atomic E-state index is 0.710. The topological polar surface area (TPSA) is 15.3 Å². The van der Waals surface area contributed by atoms with Gasteiger partial charge in [0.2, 0.25) is 0 Å². The van der Waals surface area contributed by atoms with Crippen LogP contribution < -0.4 is 5.32 Å². The van der Waals surface area contributed by atoms with E-state index in [0.717, 1.165) is 13.1 Å². The first-order valence-electron chi connectivity index (χ1n) is 6.80. The molecule has 2 nitrogen and oxygen atoms in total. The lowest BCUT2D eigenvalue weighted by Gasteiger charge is -2.26. The first-order valence-corrected chi connectivity index (χ1v) is 6.80. The van der Waals surface area contributed by atoms with Crippen molar-refractivity contribution in [3.8, 4) is 0 Å². The molecule has 0 radical (unpaired) electrons. The molecule has 0 saturated carbocycles. The van der Waals surface area contributed by atoms with Gasteiger partial charge in [0.1, 0.15) is 0 Å². The zero-order valence-corrected chi connectivity index (χ0v) is 11.3. The Bertz CT molecular complexity index is 369. The summed E-state index contributed by atoms with van der Waals surface area (Å²) in [5.41, 5.74) is 4.27. The summed E-state index contributed by atoms with van der Waals surface area (Å²) in [6.07, 6.45) is 3.65. The molecule has 17 heavy (non-hydrogen) atoms. The minimum Gasteiger partial charge on any atom is -0.384 e. The van der Waals surface area contributed by atoms with Crippen LogP contribution in [0.1, 0.15) is 37.8 Å². The van der Waals surface area contributed by atoms with Crippen LogP contribution in [0, 0.1) is 0 Å². The first-order chi connectivity index (χ1) is 8.24. The lowest BCUT2D eigenvalue weighted by Crippen LogP contribution is -2.29. The fourth-order valence-corrected chi connectivity index (χ4v) is 2.79. The molecule has 1 aromatic rings. The van der Waals surface area contributed by atoms with Crippen molar-refractivity contribution in [1.82, 2.24) is 4.90 Å². The maximum atomic E-state index is 3.41. The Labute approximate surface area is 105 Å². The fourth-order valence-electron chi connectivity index (χ4n) is 2.79. The predicted molar refractivity (Wildman–Crippen MR) is 74.5 cm³/mol. The van der Waals surface area contributed by atoms with Gasteiger partial charge in [0.05, 0.1) is 0 Å². The molecule has 1 N–H and O–H groups in total. The second-order valence-corrected chi connectivity index (χ2v) is 5.05. The second-order valence-electron chi connectivity index (χ2n) is 5.05. The lowest BCUT2D eigenvalue weighted by atomic mass is 10.1. The van der Waals surface area contributed by atoms with Crippen LogP contribution in [-0.4, -0.2) is 24.5 Å². The van der Waals surface area contributed by atoms with Gasteiger partial charge in [0.15, 0.2) is 0 Å². The highest BCUT2D eigenvalue weighted by atomic mass is 15.1. The maximum Gasteiger partial charge on any atom is 0.0373 e. The summed E-state index contributed by atoms with van der Waals surface area (Å²) >= 11 is 0. The van der Waals surface area contributed by atoms with E-state index in [1.54, 1.807) is 0 Å². The van der Waals surface area contributed by atoms with E-state index in [0.29, 0.717) is 6.04 Å². The Balaban J connectivity index is 2.03. The Morgan fingerprint density at radius 2 is 2.06 bits per heavy atom. The van der Waals surface area contributed by atoms with E-state index in [1.165, 1.54) is 36.1 Å². The molecule has 0 unspecified atom stereocenters. The summed E-state index contributed by atoms with van der Waals surface area (Å²) in [6.45, 7) is 6.72. The zero-order chi connectivity index (χ0) is 12.3. The number of anilines is 1. The number of rotatable bonds is 5. The van der Waals surface area contributed by atoms with Gasteiger partial charge in [-0.1, -0.05) is 26.0 Å². The normalized spacial score (nSPS) is 14.2. The molecular weight excluding hydrogens is 208 g/mol. The summed E-state index contributed by atoms with van der Waals surface area (Å²) in [7, 11) is 2.24. The van der Waals surface area contributed by atoms with Crippen molar-refractivity contribution in [3.63, 3.8) is 0 Å². The predicted octanol–water partition coefficient (Wildman–Crippen LogP) is 3.28. The molecule has 2 heteroatoms. The number of hydrogen-bond acceptors (Lipinski definition) is 2. The van der Waals surface area contributed by atoms with Crippen LogP contribution in [0.5, 0.6) is 0 Å². The smallest absolute Gasteiger partial charge is 0.0373 e. The van der Waals surface area contributed by atoms with Crippen LogP contribution >= 0.6 is 0 Å². The highest BCUT2D eigenvalue weighted by molar-refractivity contribution is 5.56. The SMILES string of the molecule is CCC(CC)N(C)Cc1ccc2c(c1)CCN2. The largest absolute Gasteiger partial charge is 0.384 e. The van der Waals surface area contributed by atoms with Gasteiger partial charge in [-0.05, 0) is 43.5 Å². The average Bonchev–Trinajstić information content (AvgIpc) is 2.77. The van der Waals surface area contributed by atoms with Crippen LogP contribution in [0.25, 0.3) is 0 Å². The third-order valence-corrected chi connectivity index (χ3v) is 3.88. The number of fused-ring (bicyclic) bond motifs is 1. The lowest BCUT2D eigenvalue weighted by molar-refractivity contribution is 0.221. The van der Waals surface area contributed by atoms with Gasteiger partial charge in [0, 0.05) is 24.8 Å². The minimum atomic E-state index is 0.710. The summed E-state index contributed by atoms with van der Waals surface area (Å²) in [5.74, 6) is 0. The zero-order valence-electron chi connectivity index (χ0n) is 11.3. The first kappa shape index (κ1) is 12.4. The van der Waals surface area contributed by atoms with Gasteiger partial charge in [-0.25, -0.2) is 0 Å². The van der Waals surface area contributed by atoms with E-state index in [1.807, 2.05) is 0 Å². The Hall–Kier alpha value is -1.02. The molecule has 0 fully saturated rings. The molecule has 0 aromatic heterocycles. The standard InChI is InChI=1S/C15H24N2/c1-4-14(5-2)17(3)11-12-6-7-15-13(10-12)8-9-16-15/h6-7,10,14,16H,4-5,8-9,11H2,1-3H3. The summed E-state index contributed by atoms with van der Waals surface area (Å²) in [4.78, 5) is 2.48. The van der Waals surface area contributed by atoms with E-state index >= 15 is 0 Å². The summed E-state index contributed by atoms with van der Waals surface area (Å²) < 4.78 is 0. The Morgan fingerprint density at radius 3 is 2.76 bits per heavy atom. The number of nitrogens with zero attached hydrogens (tertiary/aromatic N) is 1. The fraction of sp³-hybridized carbons (Fsp3) is 0.600. The van der Waals surface area contributed by atoms with E-state index in [4.69, 9.17) is 0 Å². The monoisotopic (exact) mass is 232 g/mol. The van der Waals surface area contributed by atoms with Crippen molar-refractivity contribution in [3.05, 3.63) is 29.3 Å². The molecule has 2 rings (SSSR count). The van der Waals surface area contributed by atoms with Gasteiger partial charge in [0.25, 0.3) is 0 Å². The molecule has 0 saturated heterocycles. The van der Waals surface area contributed by atoms with Gasteiger partial charge >= 0.3 is 0 Å². The maximum absolute atomic E-state index is 3.41. The second kappa shape index (κ2) is 5.54. The van der Waals surface area contributed by atoms with Crippen molar-refractivity contribution in [2.45, 2.75) is 45.7 Å². The van der Waals surface area contributed by atoms with Crippen molar-refractivity contribution < 1.29 is 0 Å². The highest BCUT2D eigenvalue weighted by Gasteiger charge is 2.13. The van der Waals surface area contributed by atoms with Crippen LogP contribution in [0.2, 0.25) is 0 Å². The van der Waals surface area contributed by atoms with Gasteiger partial charge in [-0.2, -0.15) is 0 Å². The molecule has 0 bridgehead atoms. The highest BCUT2D eigenvalue weighted by Crippen LogP contribution is 2.24. The molecule has 1 heterocycles. The van der Waals surface area contributed by atoms with E-state index in [-0.39, 0.29) is 0 Å². The quantitative estimate of drug-likeness (QED) is 0.838. The molecular formula is C15H24N2. The van der Waals surface area contributed by atoms with Crippen molar-refractivity contribution in [1.29, 1.82) is 0 Å². The van der Waals surface area contributed by atoms with Crippen LogP contribution in [0.15, 0.2) is 18.2 Å². The molecule has 94 valence electrons. The van der Waals surface area contributed by atoms with Crippen LogP contribution in [-0.2, 0) is 13.0 Å². The molecule has 0 atom stereocenters. The Morgan fingerprint density at radius 1 is 1.29 bits per heavy atom.